The number of benzene rings is 3. The summed E-state index contributed by atoms with van der Waals surface area (Å²) in [5.74, 6) is 0. The predicted octanol–water partition coefficient (Wildman–Crippen LogP) is 2.16. The van der Waals surface area contributed by atoms with Crippen molar-refractivity contribution in [2.45, 2.75) is 6.92 Å². The number of hydrogen-bond donors (Lipinski definition) is 1. The first kappa shape index (κ1) is 21.7. The molecule has 3 aromatic carbocycles. The fourth-order valence-corrected chi connectivity index (χ4v) is 5.00. The molecule has 5 aromatic rings. The second-order valence-corrected chi connectivity index (χ2v) is 8.25. The average Bonchev–Trinajstić information content (AvgIpc) is 3.26. The smallest absolute Gasteiger partial charge is 0.298 e. The zero-order chi connectivity index (χ0) is 20.7. The first-order valence-corrected chi connectivity index (χ1v) is 11.3. The van der Waals surface area contributed by atoms with Crippen LogP contribution in [0.4, 0.5) is 5.69 Å². The number of para-hydroxylation sites is 3. The summed E-state index contributed by atoms with van der Waals surface area (Å²) >= 11 is 1.75. The van der Waals surface area contributed by atoms with Gasteiger partial charge < -0.3 is 29.3 Å². The lowest BCUT2D eigenvalue weighted by Gasteiger charge is -2.09. The summed E-state index contributed by atoms with van der Waals surface area (Å²) in [7, 11) is 2.16. The molecule has 0 aliphatic carbocycles. The molecule has 0 spiro atoms. The largest absolute Gasteiger partial charge is 1.00 e. The fourth-order valence-electron chi connectivity index (χ4n) is 4.38. The number of nitrogens with zero attached hydrogens (tertiary/aromatic N) is 2. The summed E-state index contributed by atoms with van der Waals surface area (Å²) in [6.07, 6.45) is 2.14. The first-order valence-electron chi connectivity index (χ1n) is 10.1. The van der Waals surface area contributed by atoms with E-state index in [2.05, 4.69) is 113 Å². The van der Waals surface area contributed by atoms with Gasteiger partial charge in [-0.05, 0) is 43.0 Å². The summed E-state index contributed by atoms with van der Waals surface area (Å²) in [5, 5.41) is 6.08. The number of nitrogens with one attached hydrogen (secondary N) is 1. The van der Waals surface area contributed by atoms with Crippen LogP contribution in [0.5, 0.6) is 0 Å². The Labute approximate surface area is 203 Å². The van der Waals surface area contributed by atoms with Crippen LogP contribution >= 0.6 is 11.8 Å². The van der Waals surface area contributed by atoms with Crippen LogP contribution in [0, 0.1) is 6.92 Å². The Bertz CT molecular complexity index is 1410. The van der Waals surface area contributed by atoms with Crippen LogP contribution in [0.25, 0.3) is 32.8 Å². The Hall–Kier alpha value is -2.51. The van der Waals surface area contributed by atoms with E-state index in [0.29, 0.717) is 0 Å². The van der Waals surface area contributed by atoms with Crippen molar-refractivity contribution in [3.63, 3.8) is 0 Å². The first-order chi connectivity index (χ1) is 14.7. The molecule has 2 aromatic heterocycles. The van der Waals surface area contributed by atoms with Gasteiger partial charge in [-0.15, -0.1) is 11.8 Å². The lowest BCUT2D eigenvalue weighted by molar-refractivity contribution is -0.618. The monoisotopic (exact) mass is 537 g/mol. The maximum Gasteiger partial charge on any atom is 0.298 e. The molecule has 5 rings (SSSR count). The molecular formula is C26H24IN3S. The molecule has 5 heteroatoms. The molecule has 0 aliphatic heterocycles. The third-order valence-electron chi connectivity index (χ3n) is 5.71. The Morgan fingerprint density at radius 1 is 0.871 bits per heavy atom. The third-order valence-corrected chi connectivity index (χ3v) is 6.42. The van der Waals surface area contributed by atoms with E-state index in [9.17, 15) is 0 Å². The zero-order valence-electron chi connectivity index (χ0n) is 17.8. The molecule has 0 bridgehead atoms. The highest BCUT2D eigenvalue weighted by Crippen LogP contribution is 2.28. The Kier molecular flexibility index (Phi) is 6.25. The van der Waals surface area contributed by atoms with Gasteiger partial charge in [-0.25, -0.2) is 4.57 Å². The molecule has 3 nitrogen and oxygen atoms in total. The van der Waals surface area contributed by atoms with Crippen LogP contribution in [0.2, 0.25) is 0 Å². The molecule has 2 heterocycles. The maximum absolute atomic E-state index is 3.69. The molecule has 0 unspecified atom stereocenters. The van der Waals surface area contributed by atoms with Gasteiger partial charge in [-0.1, -0.05) is 60.7 Å². The van der Waals surface area contributed by atoms with Crippen LogP contribution in [0.3, 0.4) is 0 Å². The molecule has 1 N–H and O–H groups in total. The van der Waals surface area contributed by atoms with Crippen molar-refractivity contribution in [3.8, 4) is 11.1 Å². The minimum atomic E-state index is 0. The van der Waals surface area contributed by atoms with E-state index in [1.165, 1.54) is 38.7 Å². The zero-order valence-corrected chi connectivity index (χ0v) is 20.7. The molecular weight excluding hydrogens is 513 g/mol. The van der Waals surface area contributed by atoms with E-state index < -0.39 is 0 Å². The number of aryl methyl sites for hydroxylation is 2. The van der Waals surface area contributed by atoms with E-state index in [1.807, 2.05) is 6.07 Å². The maximum atomic E-state index is 3.69. The standard InChI is InChI=1S/C26H23N3S.HI/c1-18-23(19-12-6-4-7-13-19)24(25(30-3)27-20-14-8-5-9-15-20)26-28(2)21-16-10-11-17-22(21)29(18)26;/h4-17H,1-3H3;1H. The molecule has 31 heavy (non-hydrogen) atoms. The number of fused-ring (bicyclic) bond motifs is 3. The highest BCUT2D eigenvalue weighted by molar-refractivity contribution is 8.07. The van der Waals surface area contributed by atoms with Crippen molar-refractivity contribution in [1.82, 2.24) is 4.40 Å². The highest BCUT2D eigenvalue weighted by Gasteiger charge is 2.28. The summed E-state index contributed by atoms with van der Waals surface area (Å²) in [4.78, 5) is 0. The quantitative estimate of drug-likeness (QED) is 0.280. The van der Waals surface area contributed by atoms with Gasteiger partial charge in [0, 0.05) is 11.3 Å². The summed E-state index contributed by atoms with van der Waals surface area (Å²) in [6.45, 7) is 2.23. The molecule has 0 amide bonds. The van der Waals surface area contributed by atoms with Crippen LogP contribution in [0.1, 0.15) is 5.69 Å². The number of thioether (sulfide) groups is 1. The number of aromatic nitrogens is 2. The van der Waals surface area contributed by atoms with E-state index in [4.69, 9.17) is 0 Å². The Morgan fingerprint density at radius 3 is 2.16 bits per heavy atom. The average molecular weight is 537 g/mol. The number of halogens is 1. The van der Waals surface area contributed by atoms with Crippen molar-refractivity contribution < 1.29 is 28.5 Å². The topological polar surface area (TPSA) is 20.3 Å². The van der Waals surface area contributed by atoms with Crippen LogP contribution in [-0.4, -0.2) is 10.7 Å². The van der Waals surface area contributed by atoms with Crippen LogP contribution < -0.4 is 39.1 Å². The lowest BCUT2D eigenvalue weighted by atomic mass is 10.0. The number of hydrogen-bond acceptors (Lipinski definition) is 2. The van der Waals surface area contributed by atoms with Crippen molar-refractivity contribution in [3.05, 3.63) is 95.8 Å². The third kappa shape index (κ3) is 3.59. The van der Waals surface area contributed by atoms with Gasteiger partial charge in [0.15, 0.2) is 11.0 Å². The van der Waals surface area contributed by atoms with Gasteiger partial charge in [0.05, 0.1) is 12.1 Å². The number of anilines is 1. The van der Waals surface area contributed by atoms with Crippen molar-refractivity contribution >= 4 is 39.2 Å². The highest BCUT2D eigenvalue weighted by atomic mass is 127. The van der Waals surface area contributed by atoms with Gasteiger partial charge in [-0.2, -0.15) is 4.40 Å². The summed E-state index contributed by atoms with van der Waals surface area (Å²) < 4.78 is 4.71. The molecule has 0 radical (unpaired) electrons. The lowest BCUT2D eigenvalue weighted by Crippen LogP contribution is -3.00. The number of rotatable bonds is 4. The number of imidazole rings is 1. The van der Waals surface area contributed by atoms with E-state index in [1.54, 1.807) is 11.8 Å². The van der Waals surface area contributed by atoms with Crippen LogP contribution in [-0.2, 0) is 7.05 Å². The second-order valence-electron chi connectivity index (χ2n) is 7.43. The SMILES string of the molecule is CS/C(Nc1ccccc1)=c1/c(-c2ccccc2)c(C)n2c3ccccc3[n+](C)c12.[I-]. The van der Waals surface area contributed by atoms with Gasteiger partial charge in [0.1, 0.15) is 10.9 Å². The minimum Gasteiger partial charge on any atom is -1.00 e. The fraction of sp³-hybridized carbons (Fsp3) is 0.115. The van der Waals surface area contributed by atoms with Gasteiger partial charge in [-0.3, -0.25) is 0 Å². The summed E-state index contributed by atoms with van der Waals surface area (Å²) in [5.41, 5.74) is 8.54. The molecule has 0 aliphatic rings. The Morgan fingerprint density at radius 2 is 1.48 bits per heavy atom. The molecule has 0 atom stereocenters. The summed E-state index contributed by atoms with van der Waals surface area (Å²) in [6, 6.07) is 29.7. The van der Waals surface area contributed by atoms with E-state index in [0.717, 1.165) is 10.7 Å². The van der Waals surface area contributed by atoms with Crippen LogP contribution in [0.15, 0.2) is 84.9 Å². The van der Waals surface area contributed by atoms with Crippen molar-refractivity contribution in [2.24, 2.45) is 7.05 Å². The second kappa shape index (κ2) is 8.93. The molecule has 156 valence electrons. The van der Waals surface area contributed by atoms with Gasteiger partial charge >= 0.3 is 0 Å². The molecule has 0 saturated heterocycles. The predicted molar refractivity (Wildman–Crippen MR) is 128 cm³/mol. The van der Waals surface area contributed by atoms with Gasteiger partial charge in [0.2, 0.25) is 0 Å². The normalized spacial score (nSPS) is 12.1. The minimum absolute atomic E-state index is 0. The molecule has 0 saturated carbocycles. The van der Waals surface area contributed by atoms with Gasteiger partial charge in [0.25, 0.3) is 5.65 Å². The Balaban J connectivity index is 0.00000231. The van der Waals surface area contributed by atoms with Crippen molar-refractivity contribution in [1.29, 1.82) is 0 Å². The van der Waals surface area contributed by atoms with E-state index in [-0.39, 0.29) is 24.0 Å². The molecule has 0 fully saturated rings. The van der Waals surface area contributed by atoms with Crippen molar-refractivity contribution in [2.75, 3.05) is 11.6 Å². The van der Waals surface area contributed by atoms with E-state index >= 15 is 0 Å².